The zero-order valence-corrected chi connectivity index (χ0v) is 15.7. The monoisotopic (exact) mass is 388 g/mol. The maximum absolute atomic E-state index is 12.6. The summed E-state index contributed by atoms with van der Waals surface area (Å²) in [4.78, 5) is 25.1. The first-order valence-corrected chi connectivity index (χ1v) is 9.32. The van der Waals surface area contributed by atoms with Gasteiger partial charge in [0.2, 0.25) is 0 Å². The van der Waals surface area contributed by atoms with Crippen LogP contribution in [-0.4, -0.2) is 25.0 Å². The normalized spacial score (nSPS) is 12.1. The van der Waals surface area contributed by atoms with Gasteiger partial charge in [-0.15, -0.1) is 0 Å². The number of nitrogens with one attached hydrogen (secondary N) is 2. The number of rotatable bonds is 5. The molecule has 6 nitrogen and oxygen atoms in total. The summed E-state index contributed by atoms with van der Waals surface area (Å²) in [5.74, 6) is 0.719. The Morgan fingerprint density at radius 1 is 0.759 bits per heavy atom. The first-order chi connectivity index (χ1) is 14.2. The van der Waals surface area contributed by atoms with E-state index in [4.69, 9.17) is 9.47 Å². The summed E-state index contributed by atoms with van der Waals surface area (Å²) >= 11 is 0. The molecule has 3 aromatic rings. The van der Waals surface area contributed by atoms with Crippen LogP contribution >= 0.6 is 0 Å². The maximum Gasteiger partial charge on any atom is 0.255 e. The number of carbonyl (C=O) groups excluding carboxylic acids is 2. The second kappa shape index (κ2) is 8.48. The third-order valence-corrected chi connectivity index (χ3v) is 4.48. The second-order valence-electron chi connectivity index (χ2n) is 6.56. The number of hydrogen-bond donors (Lipinski definition) is 2. The van der Waals surface area contributed by atoms with Crippen LogP contribution in [0.1, 0.15) is 26.3 Å². The second-order valence-corrected chi connectivity index (χ2v) is 6.56. The Bertz CT molecular complexity index is 1030. The number of fused-ring (bicyclic) bond motifs is 1. The van der Waals surface area contributed by atoms with Crippen molar-refractivity contribution in [2.75, 3.05) is 18.5 Å². The fourth-order valence-corrected chi connectivity index (χ4v) is 3.01. The van der Waals surface area contributed by atoms with Crippen molar-refractivity contribution in [1.82, 2.24) is 5.32 Å². The SMILES string of the molecule is O=C(NCc1ccccc1)c1cccc(C(=O)Nc2ccc3c(c2)OCCO3)c1. The Balaban J connectivity index is 1.42. The van der Waals surface area contributed by atoms with Gasteiger partial charge in [-0.3, -0.25) is 9.59 Å². The van der Waals surface area contributed by atoms with Crippen molar-refractivity contribution >= 4 is 17.5 Å². The number of carbonyl (C=O) groups is 2. The van der Waals surface area contributed by atoms with Gasteiger partial charge in [0.1, 0.15) is 13.2 Å². The first-order valence-electron chi connectivity index (χ1n) is 9.32. The van der Waals surface area contributed by atoms with Crippen LogP contribution < -0.4 is 20.1 Å². The van der Waals surface area contributed by atoms with Crippen LogP contribution in [-0.2, 0) is 6.54 Å². The number of ether oxygens (including phenoxy) is 2. The molecule has 0 saturated heterocycles. The van der Waals surface area contributed by atoms with Crippen LogP contribution in [0.4, 0.5) is 5.69 Å². The largest absolute Gasteiger partial charge is 0.486 e. The third-order valence-electron chi connectivity index (χ3n) is 4.48. The Morgan fingerprint density at radius 3 is 2.28 bits per heavy atom. The van der Waals surface area contributed by atoms with Crippen molar-refractivity contribution in [2.24, 2.45) is 0 Å². The fourth-order valence-electron chi connectivity index (χ4n) is 3.01. The summed E-state index contributed by atoms with van der Waals surface area (Å²) in [5, 5.41) is 5.69. The van der Waals surface area contributed by atoms with Gasteiger partial charge >= 0.3 is 0 Å². The lowest BCUT2D eigenvalue weighted by atomic mass is 10.1. The smallest absolute Gasteiger partial charge is 0.255 e. The lowest BCUT2D eigenvalue weighted by molar-refractivity contribution is 0.0951. The summed E-state index contributed by atoms with van der Waals surface area (Å²) in [6.07, 6.45) is 0. The Kier molecular flexibility index (Phi) is 5.42. The molecule has 0 bridgehead atoms. The Morgan fingerprint density at radius 2 is 1.48 bits per heavy atom. The molecule has 1 aliphatic heterocycles. The average molecular weight is 388 g/mol. The van der Waals surface area contributed by atoms with Crippen molar-refractivity contribution in [1.29, 1.82) is 0 Å². The standard InChI is InChI=1S/C23H20N2O4/c26-22(24-15-16-5-2-1-3-6-16)17-7-4-8-18(13-17)23(27)25-19-9-10-20-21(14-19)29-12-11-28-20/h1-10,13-14H,11-12,15H2,(H,24,26)(H,25,27). The van der Waals surface area contributed by atoms with Gasteiger partial charge in [-0.1, -0.05) is 36.4 Å². The molecule has 0 radical (unpaired) electrons. The van der Waals surface area contributed by atoms with E-state index in [9.17, 15) is 9.59 Å². The molecule has 0 unspecified atom stereocenters. The predicted octanol–water partition coefficient (Wildman–Crippen LogP) is 3.64. The molecule has 3 aromatic carbocycles. The first kappa shape index (κ1) is 18.6. The Hall–Kier alpha value is -3.80. The number of anilines is 1. The summed E-state index contributed by atoms with van der Waals surface area (Å²) in [7, 11) is 0. The van der Waals surface area contributed by atoms with Crippen molar-refractivity contribution < 1.29 is 19.1 Å². The summed E-state index contributed by atoms with van der Waals surface area (Å²) in [6, 6.07) is 21.5. The molecule has 29 heavy (non-hydrogen) atoms. The highest BCUT2D eigenvalue weighted by molar-refractivity contribution is 6.06. The molecule has 0 aromatic heterocycles. The van der Waals surface area contributed by atoms with E-state index < -0.39 is 0 Å². The van der Waals surface area contributed by atoms with E-state index in [-0.39, 0.29) is 11.8 Å². The number of benzene rings is 3. The van der Waals surface area contributed by atoms with Crippen molar-refractivity contribution in [3.8, 4) is 11.5 Å². The molecule has 0 spiro atoms. The topological polar surface area (TPSA) is 76.7 Å². The van der Waals surface area contributed by atoms with Gasteiger partial charge in [0, 0.05) is 29.4 Å². The van der Waals surface area contributed by atoms with Crippen molar-refractivity contribution in [3.63, 3.8) is 0 Å². The van der Waals surface area contributed by atoms with E-state index in [1.54, 1.807) is 42.5 Å². The minimum Gasteiger partial charge on any atom is -0.486 e. The average Bonchev–Trinajstić information content (AvgIpc) is 2.78. The zero-order chi connectivity index (χ0) is 20.1. The van der Waals surface area contributed by atoms with Gasteiger partial charge in [-0.05, 0) is 35.9 Å². The Labute approximate surface area is 168 Å². The third kappa shape index (κ3) is 4.55. The molecule has 0 aliphatic carbocycles. The summed E-state index contributed by atoms with van der Waals surface area (Å²) < 4.78 is 11.0. The lowest BCUT2D eigenvalue weighted by Crippen LogP contribution is -2.23. The molecule has 146 valence electrons. The predicted molar refractivity (Wildman–Crippen MR) is 109 cm³/mol. The molecule has 1 heterocycles. The molecule has 0 saturated carbocycles. The molecular formula is C23H20N2O4. The molecule has 2 N–H and O–H groups in total. The van der Waals surface area contributed by atoms with Gasteiger partial charge in [-0.2, -0.15) is 0 Å². The number of amides is 2. The van der Waals surface area contributed by atoms with E-state index in [1.165, 1.54) is 0 Å². The fraction of sp³-hybridized carbons (Fsp3) is 0.130. The van der Waals surface area contributed by atoms with Gasteiger partial charge in [0.25, 0.3) is 11.8 Å². The van der Waals surface area contributed by atoms with Crippen LogP contribution in [0.25, 0.3) is 0 Å². The van der Waals surface area contributed by atoms with Crippen molar-refractivity contribution in [3.05, 3.63) is 89.5 Å². The van der Waals surface area contributed by atoms with Crippen LogP contribution in [0, 0.1) is 0 Å². The van der Waals surface area contributed by atoms with Crippen LogP contribution in [0.2, 0.25) is 0 Å². The van der Waals surface area contributed by atoms with Gasteiger partial charge < -0.3 is 20.1 Å². The van der Waals surface area contributed by atoms with E-state index in [1.807, 2.05) is 30.3 Å². The highest BCUT2D eigenvalue weighted by Crippen LogP contribution is 2.32. The quantitative estimate of drug-likeness (QED) is 0.700. The van der Waals surface area contributed by atoms with E-state index in [0.29, 0.717) is 48.1 Å². The molecule has 0 fully saturated rings. The maximum atomic E-state index is 12.6. The minimum absolute atomic E-state index is 0.233. The molecule has 1 aliphatic rings. The summed E-state index contributed by atoms with van der Waals surface area (Å²) in [5.41, 5.74) is 2.43. The highest BCUT2D eigenvalue weighted by atomic mass is 16.6. The molecule has 4 rings (SSSR count). The van der Waals surface area contributed by atoms with Crippen molar-refractivity contribution in [2.45, 2.75) is 6.54 Å². The van der Waals surface area contributed by atoms with Gasteiger partial charge in [-0.25, -0.2) is 0 Å². The minimum atomic E-state index is -0.306. The van der Waals surface area contributed by atoms with Crippen LogP contribution in [0.5, 0.6) is 11.5 Å². The van der Waals surface area contributed by atoms with Crippen LogP contribution in [0.3, 0.4) is 0 Å². The van der Waals surface area contributed by atoms with E-state index in [0.717, 1.165) is 5.56 Å². The molecular weight excluding hydrogens is 368 g/mol. The van der Waals surface area contributed by atoms with Gasteiger partial charge in [0.15, 0.2) is 11.5 Å². The molecule has 0 atom stereocenters. The molecule has 6 heteroatoms. The van der Waals surface area contributed by atoms with E-state index in [2.05, 4.69) is 10.6 Å². The lowest BCUT2D eigenvalue weighted by Gasteiger charge is -2.19. The zero-order valence-electron chi connectivity index (χ0n) is 15.7. The summed E-state index contributed by atoms with van der Waals surface area (Å²) in [6.45, 7) is 1.41. The highest BCUT2D eigenvalue weighted by Gasteiger charge is 2.14. The number of hydrogen-bond acceptors (Lipinski definition) is 4. The van der Waals surface area contributed by atoms with E-state index >= 15 is 0 Å². The van der Waals surface area contributed by atoms with Gasteiger partial charge in [0.05, 0.1) is 0 Å². The van der Waals surface area contributed by atoms with Crippen LogP contribution in [0.15, 0.2) is 72.8 Å². The molecule has 2 amide bonds.